The number of rotatable bonds is 2. The monoisotopic (exact) mass is 177 g/mol. The molecular weight excluding hydrogens is 172 g/mol. The van der Waals surface area contributed by atoms with Gasteiger partial charge in [-0.15, -0.1) is 4.49 Å². The second-order valence-corrected chi connectivity index (χ2v) is 4.77. The van der Waals surface area contributed by atoms with Crippen molar-refractivity contribution in [1.82, 2.24) is 4.49 Å². The van der Waals surface area contributed by atoms with Crippen LogP contribution in [0, 0.1) is 0 Å². The Labute approximate surface area is 51.7 Å². The Balaban J connectivity index is 4.26. The first-order valence-electron chi connectivity index (χ1n) is 1.75. The van der Waals surface area contributed by atoms with Gasteiger partial charge in [0.1, 0.15) is 0 Å². The summed E-state index contributed by atoms with van der Waals surface area (Å²) in [5.41, 5.74) is 0. The molecule has 0 aromatic rings. The van der Waals surface area contributed by atoms with Crippen molar-refractivity contribution >= 4 is 17.9 Å². The first-order valence-corrected chi connectivity index (χ1v) is 5.24. The van der Waals surface area contributed by atoms with Gasteiger partial charge in [-0.2, -0.15) is 8.42 Å². The van der Waals surface area contributed by atoms with Crippen molar-refractivity contribution < 1.29 is 21.8 Å². The van der Waals surface area contributed by atoms with Crippen LogP contribution in [0.5, 0.6) is 0 Å². The second kappa shape index (κ2) is 2.34. The normalized spacial score (nSPS) is 19.0. The van der Waals surface area contributed by atoms with Crippen molar-refractivity contribution in [2.75, 3.05) is 6.66 Å². The molecule has 0 saturated heterocycles. The molecule has 0 bridgehead atoms. The number of nitrogens with one attached hydrogen (secondary N) is 1. The number of halogens is 1. The van der Waals surface area contributed by atoms with Crippen LogP contribution in [0.4, 0.5) is 3.89 Å². The summed E-state index contributed by atoms with van der Waals surface area (Å²) in [6.45, 7) is 0.671. The Morgan fingerprint density at radius 2 is 2.00 bits per heavy atom. The summed E-state index contributed by atoms with van der Waals surface area (Å²) < 4.78 is 41.4. The maximum absolute atomic E-state index is 11.4. The third-order valence-corrected chi connectivity index (χ3v) is 2.51. The van der Waals surface area contributed by atoms with Crippen molar-refractivity contribution in [2.45, 2.75) is 0 Å². The van der Waals surface area contributed by atoms with Crippen LogP contribution in [-0.2, 0) is 15.0 Å². The Bertz CT molecular complexity index is 227. The van der Waals surface area contributed by atoms with E-state index < -0.39 is 17.9 Å². The molecule has 0 amide bonds. The van der Waals surface area contributed by atoms with Crippen molar-refractivity contribution in [2.24, 2.45) is 0 Å². The Hall–Kier alpha value is 0.0300. The molecule has 8 heteroatoms. The van der Waals surface area contributed by atoms with Gasteiger partial charge < -0.3 is 4.89 Å². The van der Waals surface area contributed by atoms with Crippen LogP contribution in [-0.4, -0.2) is 20.0 Å². The highest BCUT2D eigenvalue weighted by molar-refractivity contribution is 7.90. The highest BCUT2D eigenvalue weighted by Gasteiger charge is 2.18. The lowest BCUT2D eigenvalue weighted by Crippen LogP contribution is -2.14. The quantitative estimate of drug-likeness (QED) is 0.444. The van der Waals surface area contributed by atoms with Gasteiger partial charge in [0, 0.05) is 6.66 Å². The second-order valence-electron chi connectivity index (χ2n) is 1.41. The smallest absolute Gasteiger partial charge is 0.333 e. The average Bonchev–Trinajstić information content (AvgIpc) is 1.14. The molecule has 1 atom stereocenters. The van der Waals surface area contributed by atoms with E-state index in [1.54, 1.807) is 0 Å². The van der Waals surface area contributed by atoms with Crippen molar-refractivity contribution in [3.05, 3.63) is 0 Å². The van der Waals surface area contributed by atoms with E-state index in [1.807, 2.05) is 0 Å². The molecule has 0 radical (unpaired) electrons. The van der Waals surface area contributed by atoms with Crippen LogP contribution in [0.3, 0.4) is 0 Å². The summed E-state index contributed by atoms with van der Waals surface area (Å²) >= 11 is 0. The molecule has 0 aliphatic carbocycles. The Morgan fingerprint density at radius 3 is 2.00 bits per heavy atom. The lowest BCUT2D eigenvalue weighted by Gasteiger charge is -2.00. The standard InChI is InChI=1S/CH5FNO4PS/c1-8(4,5)3-9(2,6)7/h1H3,(H2,3,4,5). The summed E-state index contributed by atoms with van der Waals surface area (Å²) in [6.07, 6.45) is 0. The molecule has 0 rings (SSSR count). The highest BCUT2D eigenvalue weighted by atomic mass is 32.3. The lowest BCUT2D eigenvalue weighted by atomic mass is 12.0. The molecule has 2 N–H and O–H groups in total. The third kappa shape index (κ3) is 8.03. The fraction of sp³-hybridized carbons (Fsp3) is 1.00. The summed E-state index contributed by atoms with van der Waals surface area (Å²) in [7, 11) is -9.05. The first kappa shape index (κ1) is 9.03. The van der Waals surface area contributed by atoms with Gasteiger partial charge in [-0.3, -0.25) is 4.57 Å². The fourth-order valence-corrected chi connectivity index (χ4v) is 1.82. The molecule has 5 nitrogen and oxygen atoms in total. The molecule has 0 aromatic carbocycles. The van der Waals surface area contributed by atoms with Crippen LogP contribution >= 0.6 is 7.52 Å². The fourth-order valence-electron chi connectivity index (χ4n) is 0.202. The Morgan fingerprint density at radius 1 is 1.67 bits per heavy atom. The summed E-state index contributed by atoms with van der Waals surface area (Å²) in [5, 5.41) is 0. The minimum Gasteiger partial charge on any atom is -0.333 e. The summed E-state index contributed by atoms with van der Waals surface area (Å²) in [4.78, 5) is 8.18. The number of hydrogen-bond acceptors (Lipinski definition) is 3. The van der Waals surface area contributed by atoms with E-state index in [1.165, 1.54) is 0 Å². The molecule has 1 unspecified atom stereocenters. The maximum atomic E-state index is 11.4. The minimum atomic E-state index is -5.04. The number of hydrogen-bond donors (Lipinski definition) is 2. The average molecular weight is 177 g/mol. The van der Waals surface area contributed by atoms with E-state index >= 15 is 0 Å². The molecule has 0 aliphatic heterocycles. The molecule has 0 saturated carbocycles. The summed E-state index contributed by atoms with van der Waals surface area (Å²) in [5.74, 6) is 0. The highest BCUT2D eigenvalue weighted by Crippen LogP contribution is 2.30. The van der Waals surface area contributed by atoms with E-state index in [-0.39, 0.29) is 0 Å². The van der Waals surface area contributed by atoms with E-state index in [0.717, 1.165) is 4.49 Å². The molecule has 56 valence electrons. The van der Waals surface area contributed by atoms with Gasteiger partial charge in [-0.05, 0) is 0 Å². The molecule has 0 spiro atoms. The lowest BCUT2D eigenvalue weighted by molar-refractivity contribution is 0.475. The predicted molar refractivity (Wildman–Crippen MR) is 28.9 cm³/mol. The molecule has 0 aromatic heterocycles. The predicted octanol–water partition coefficient (Wildman–Crippen LogP) is -0.394. The molecule has 0 fully saturated rings. The van der Waals surface area contributed by atoms with Gasteiger partial charge in [0.05, 0.1) is 0 Å². The van der Waals surface area contributed by atoms with Crippen LogP contribution in [0.1, 0.15) is 0 Å². The van der Waals surface area contributed by atoms with E-state index in [0.29, 0.717) is 6.66 Å². The van der Waals surface area contributed by atoms with Crippen LogP contribution in [0.25, 0.3) is 0 Å². The topological polar surface area (TPSA) is 83.5 Å². The van der Waals surface area contributed by atoms with Gasteiger partial charge in [-0.1, -0.05) is 3.89 Å². The molecule has 0 heterocycles. The Kier molecular flexibility index (Phi) is 2.35. The molecular formula is CH5FNO4PS. The SMILES string of the molecule is CP(=O)(O)NS(=O)(=O)F. The maximum Gasteiger partial charge on any atom is 0.379 e. The van der Waals surface area contributed by atoms with Crippen LogP contribution in [0.15, 0.2) is 0 Å². The van der Waals surface area contributed by atoms with Crippen molar-refractivity contribution in [1.29, 1.82) is 0 Å². The zero-order valence-electron chi connectivity index (χ0n) is 4.41. The van der Waals surface area contributed by atoms with E-state index in [2.05, 4.69) is 0 Å². The van der Waals surface area contributed by atoms with Gasteiger partial charge in [0.15, 0.2) is 0 Å². The molecule has 9 heavy (non-hydrogen) atoms. The van der Waals surface area contributed by atoms with Gasteiger partial charge in [-0.25, -0.2) is 0 Å². The van der Waals surface area contributed by atoms with Crippen molar-refractivity contribution in [3.63, 3.8) is 0 Å². The zero-order chi connectivity index (χ0) is 7.71. The van der Waals surface area contributed by atoms with Gasteiger partial charge >= 0.3 is 10.4 Å². The third-order valence-electron chi connectivity index (χ3n) is 0.278. The van der Waals surface area contributed by atoms with E-state index in [9.17, 15) is 16.9 Å². The van der Waals surface area contributed by atoms with Crippen molar-refractivity contribution in [3.8, 4) is 0 Å². The van der Waals surface area contributed by atoms with Gasteiger partial charge in [0.25, 0.3) is 7.52 Å². The molecule has 0 aliphatic rings. The zero-order valence-corrected chi connectivity index (χ0v) is 6.12. The van der Waals surface area contributed by atoms with Crippen LogP contribution < -0.4 is 4.49 Å². The minimum absolute atomic E-state index is 0.671. The van der Waals surface area contributed by atoms with E-state index in [4.69, 9.17) is 4.89 Å². The van der Waals surface area contributed by atoms with Gasteiger partial charge in [0.2, 0.25) is 0 Å². The summed E-state index contributed by atoms with van der Waals surface area (Å²) in [6, 6.07) is 0. The first-order chi connectivity index (χ1) is 3.71. The van der Waals surface area contributed by atoms with Crippen LogP contribution in [0.2, 0.25) is 0 Å². The largest absolute Gasteiger partial charge is 0.379 e.